The molecule has 0 bridgehead atoms. The van der Waals surface area contributed by atoms with Crippen LogP contribution in [0.15, 0.2) is 79.5 Å². The molecule has 3 heterocycles. The van der Waals surface area contributed by atoms with Crippen LogP contribution < -0.4 is 10.5 Å². The fourth-order valence-electron chi connectivity index (χ4n) is 4.31. The number of hydrogen-bond acceptors (Lipinski definition) is 5. The average molecular weight is 440 g/mol. The van der Waals surface area contributed by atoms with Gasteiger partial charge in [0.15, 0.2) is 5.65 Å². The minimum Gasteiger partial charge on any atom is -0.457 e. The molecule has 33 heavy (non-hydrogen) atoms. The van der Waals surface area contributed by atoms with Gasteiger partial charge < -0.3 is 15.4 Å². The number of fused-ring (bicyclic) bond motifs is 1. The molecular weight excluding hydrogens is 414 g/mol. The number of nitrogen functional groups attached to an aromatic ring is 1. The lowest BCUT2D eigenvalue weighted by Crippen LogP contribution is -2.38. The zero-order valence-electron chi connectivity index (χ0n) is 18.2. The number of carbonyl (C=O) groups excluding carboxylic acids is 1. The van der Waals surface area contributed by atoms with E-state index in [1.54, 1.807) is 12.3 Å². The highest BCUT2D eigenvalue weighted by Crippen LogP contribution is 2.35. The van der Waals surface area contributed by atoms with Gasteiger partial charge in [-0.1, -0.05) is 24.8 Å². The molecule has 1 amide bonds. The van der Waals surface area contributed by atoms with E-state index in [0.717, 1.165) is 46.6 Å². The van der Waals surface area contributed by atoms with Crippen molar-refractivity contribution in [2.24, 2.45) is 0 Å². The summed E-state index contributed by atoms with van der Waals surface area (Å²) in [5, 5.41) is 5.80. The van der Waals surface area contributed by atoms with Crippen molar-refractivity contribution in [2.75, 3.05) is 18.8 Å². The van der Waals surface area contributed by atoms with E-state index in [1.807, 2.05) is 64.2 Å². The number of para-hydroxylation sites is 1. The van der Waals surface area contributed by atoms with Crippen molar-refractivity contribution in [3.8, 4) is 22.8 Å². The van der Waals surface area contributed by atoms with Crippen molar-refractivity contribution < 1.29 is 9.53 Å². The SMILES string of the molecule is C=CC(=O)N1CCC(n2nc(-c3ccc(Oc4ccccc4)cc3)c3c(N)ccnc32)CC1. The number of ether oxygens (including phenoxy) is 1. The summed E-state index contributed by atoms with van der Waals surface area (Å²) in [5.41, 5.74) is 9.52. The summed E-state index contributed by atoms with van der Waals surface area (Å²) in [4.78, 5) is 18.4. The molecule has 2 N–H and O–H groups in total. The summed E-state index contributed by atoms with van der Waals surface area (Å²) >= 11 is 0. The van der Waals surface area contributed by atoms with Crippen LogP contribution in [-0.2, 0) is 4.79 Å². The largest absolute Gasteiger partial charge is 0.457 e. The predicted molar refractivity (Wildman–Crippen MR) is 129 cm³/mol. The summed E-state index contributed by atoms with van der Waals surface area (Å²) in [6.07, 6.45) is 4.69. The Morgan fingerprint density at radius 2 is 1.73 bits per heavy atom. The van der Waals surface area contributed by atoms with Crippen LogP contribution in [0, 0.1) is 0 Å². The van der Waals surface area contributed by atoms with Gasteiger partial charge in [-0.2, -0.15) is 5.10 Å². The zero-order chi connectivity index (χ0) is 22.8. The lowest BCUT2D eigenvalue weighted by atomic mass is 10.0. The Kier molecular flexibility index (Phi) is 5.52. The van der Waals surface area contributed by atoms with Crippen molar-refractivity contribution in [2.45, 2.75) is 18.9 Å². The molecule has 0 atom stereocenters. The average Bonchev–Trinajstić information content (AvgIpc) is 3.26. The highest BCUT2D eigenvalue weighted by atomic mass is 16.5. The first kappa shape index (κ1) is 20.8. The number of nitrogens with zero attached hydrogens (tertiary/aromatic N) is 4. The fraction of sp³-hybridized carbons (Fsp3) is 0.192. The first-order valence-corrected chi connectivity index (χ1v) is 11.0. The number of piperidine rings is 1. The van der Waals surface area contributed by atoms with E-state index in [9.17, 15) is 4.79 Å². The molecule has 2 aromatic carbocycles. The van der Waals surface area contributed by atoms with E-state index in [1.165, 1.54) is 6.08 Å². The number of carbonyl (C=O) groups is 1. The van der Waals surface area contributed by atoms with Crippen molar-refractivity contribution in [1.82, 2.24) is 19.7 Å². The van der Waals surface area contributed by atoms with Crippen molar-refractivity contribution in [1.29, 1.82) is 0 Å². The Bertz CT molecular complexity index is 1290. The van der Waals surface area contributed by atoms with E-state index >= 15 is 0 Å². The first-order valence-electron chi connectivity index (χ1n) is 11.0. The molecule has 7 heteroatoms. The molecule has 0 saturated carbocycles. The zero-order valence-corrected chi connectivity index (χ0v) is 18.2. The lowest BCUT2D eigenvalue weighted by Gasteiger charge is -2.31. The standard InChI is InChI=1S/C26H25N5O2/c1-2-23(32)30-16-13-19(14-17-30)31-26-24(22(27)12-15-28-26)25(29-31)18-8-10-21(11-9-18)33-20-6-4-3-5-7-20/h2-12,15,19H,1,13-14,16-17H2,(H2,27,28). The summed E-state index contributed by atoms with van der Waals surface area (Å²) in [6, 6.07) is 19.5. The molecule has 1 aliphatic rings. The predicted octanol–water partition coefficient (Wildman–Crippen LogP) is 4.82. The molecule has 4 aromatic rings. The summed E-state index contributed by atoms with van der Waals surface area (Å²) in [6.45, 7) is 4.92. The third-order valence-corrected chi connectivity index (χ3v) is 6.03. The molecule has 5 rings (SSSR count). The Balaban J connectivity index is 1.46. The van der Waals surface area contributed by atoms with E-state index in [2.05, 4.69) is 11.6 Å². The fourth-order valence-corrected chi connectivity index (χ4v) is 4.31. The van der Waals surface area contributed by atoms with Crippen molar-refractivity contribution in [3.63, 3.8) is 0 Å². The van der Waals surface area contributed by atoms with Crippen molar-refractivity contribution in [3.05, 3.63) is 79.5 Å². The molecule has 1 saturated heterocycles. The quantitative estimate of drug-likeness (QED) is 0.451. The van der Waals surface area contributed by atoms with Crippen LogP contribution in [0.1, 0.15) is 18.9 Å². The Morgan fingerprint density at radius 3 is 2.42 bits per heavy atom. The number of hydrogen-bond donors (Lipinski definition) is 1. The summed E-state index contributed by atoms with van der Waals surface area (Å²) < 4.78 is 7.89. The number of anilines is 1. The van der Waals surface area contributed by atoms with Crippen LogP contribution >= 0.6 is 0 Å². The Hall–Kier alpha value is -4.13. The maximum atomic E-state index is 11.9. The van der Waals surface area contributed by atoms with Crippen LogP contribution in [0.3, 0.4) is 0 Å². The van der Waals surface area contributed by atoms with Crippen LogP contribution in [0.25, 0.3) is 22.3 Å². The summed E-state index contributed by atoms with van der Waals surface area (Å²) in [5.74, 6) is 1.51. The van der Waals surface area contributed by atoms with E-state index in [4.69, 9.17) is 15.6 Å². The summed E-state index contributed by atoms with van der Waals surface area (Å²) in [7, 11) is 0. The van der Waals surface area contributed by atoms with Gasteiger partial charge >= 0.3 is 0 Å². The van der Waals surface area contributed by atoms with Gasteiger partial charge in [-0.15, -0.1) is 0 Å². The molecular formula is C26H25N5O2. The maximum absolute atomic E-state index is 11.9. The number of likely N-dealkylation sites (tertiary alicyclic amines) is 1. The van der Waals surface area contributed by atoms with Crippen LogP contribution in [0.2, 0.25) is 0 Å². The number of nitrogens with two attached hydrogens (primary N) is 1. The second-order valence-electron chi connectivity index (χ2n) is 8.09. The maximum Gasteiger partial charge on any atom is 0.245 e. The number of amides is 1. The van der Waals surface area contributed by atoms with Crippen LogP contribution in [-0.4, -0.2) is 38.7 Å². The Labute approximate surface area is 192 Å². The third-order valence-electron chi connectivity index (χ3n) is 6.03. The van der Waals surface area contributed by atoms with Crippen LogP contribution in [0.5, 0.6) is 11.5 Å². The molecule has 0 spiro atoms. The minimum absolute atomic E-state index is 0.0281. The first-order chi connectivity index (χ1) is 16.1. The topological polar surface area (TPSA) is 86.3 Å². The number of aromatic nitrogens is 3. The third kappa shape index (κ3) is 4.05. The molecule has 1 fully saturated rings. The minimum atomic E-state index is -0.0281. The highest BCUT2D eigenvalue weighted by Gasteiger charge is 2.26. The lowest BCUT2D eigenvalue weighted by molar-refractivity contribution is -0.127. The number of benzene rings is 2. The van der Waals surface area contributed by atoms with E-state index in [-0.39, 0.29) is 11.9 Å². The molecule has 0 radical (unpaired) electrons. The van der Waals surface area contributed by atoms with Gasteiger partial charge in [-0.3, -0.25) is 4.79 Å². The van der Waals surface area contributed by atoms with Crippen LogP contribution in [0.4, 0.5) is 5.69 Å². The highest BCUT2D eigenvalue weighted by molar-refractivity contribution is 5.99. The second kappa shape index (κ2) is 8.78. The van der Waals surface area contributed by atoms with Gasteiger partial charge in [-0.05, 0) is 61.4 Å². The molecule has 7 nitrogen and oxygen atoms in total. The molecule has 0 unspecified atom stereocenters. The molecule has 166 valence electrons. The molecule has 0 aliphatic carbocycles. The van der Waals surface area contributed by atoms with Gasteiger partial charge in [0.1, 0.15) is 17.2 Å². The number of pyridine rings is 1. The van der Waals surface area contributed by atoms with Gasteiger partial charge in [0.25, 0.3) is 0 Å². The monoisotopic (exact) mass is 439 g/mol. The molecule has 1 aliphatic heterocycles. The second-order valence-corrected chi connectivity index (χ2v) is 8.09. The normalized spacial score (nSPS) is 14.4. The van der Waals surface area contributed by atoms with Gasteiger partial charge in [0.2, 0.25) is 5.91 Å². The van der Waals surface area contributed by atoms with Crippen molar-refractivity contribution >= 4 is 22.6 Å². The van der Waals surface area contributed by atoms with E-state index < -0.39 is 0 Å². The van der Waals surface area contributed by atoms with Gasteiger partial charge in [-0.25, -0.2) is 9.67 Å². The van der Waals surface area contributed by atoms with E-state index in [0.29, 0.717) is 18.8 Å². The smallest absolute Gasteiger partial charge is 0.245 e. The van der Waals surface area contributed by atoms with Gasteiger partial charge in [0, 0.05) is 30.5 Å². The number of rotatable bonds is 5. The Morgan fingerprint density at radius 1 is 1.03 bits per heavy atom. The molecule has 2 aromatic heterocycles. The van der Waals surface area contributed by atoms with Gasteiger partial charge in [0.05, 0.1) is 11.4 Å².